The summed E-state index contributed by atoms with van der Waals surface area (Å²) < 4.78 is 10.4. The molecule has 0 radical (unpaired) electrons. The number of rotatable bonds is 2. The van der Waals surface area contributed by atoms with Crippen LogP contribution in [0.4, 0.5) is 4.79 Å². The zero-order valence-corrected chi connectivity index (χ0v) is 16.6. The van der Waals surface area contributed by atoms with Gasteiger partial charge in [-0.05, 0) is 52.0 Å². The molecule has 6 heteroatoms. The first-order valence-electron chi connectivity index (χ1n) is 7.72. The number of alkyl carbamates (subject to hydrolysis) is 1. The monoisotopic (exact) mass is 443 g/mol. The van der Waals surface area contributed by atoms with E-state index >= 15 is 0 Å². The van der Waals surface area contributed by atoms with E-state index in [1.165, 1.54) is 0 Å². The third kappa shape index (κ3) is 4.96. The number of allylic oxidation sites excluding steroid dienone is 2. The summed E-state index contributed by atoms with van der Waals surface area (Å²) in [6, 6.07) is 1.29. The van der Waals surface area contributed by atoms with Crippen LogP contribution >= 0.6 is 22.6 Å². The largest absolute Gasteiger partial charge is 0.444 e. The normalized spacial score (nSPS) is 20.9. The highest BCUT2D eigenvalue weighted by molar-refractivity contribution is 14.1. The molecule has 0 fully saturated rings. The first-order valence-corrected chi connectivity index (χ1v) is 8.80. The molecule has 0 bridgehead atoms. The van der Waals surface area contributed by atoms with Crippen molar-refractivity contribution >= 4 is 40.8 Å². The Morgan fingerprint density at radius 2 is 2.08 bits per heavy atom. The Morgan fingerprint density at radius 3 is 2.71 bits per heavy atom. The molecule has 0 saturated heterocycles. The third-order valence-corrected chi connectivity index (χ3v) is 3.99. The lowest BCUT2D eigenvalue weighted by Crippen LogP contribution is -2.41. The molecule has 1 N–H and O–H groups in total. The molecule has 5 nitrogen and oxygen atoms in total. The SMILES string of the molecule is C[C@H](NC(=O)OC(C)(C)C)c1cc2c(c(=O)o1)=CC(C)(I)C=CC=2. The van der Waals surface area contributed by atoms with E-state index in [1.807, 2.05) is 31.2 Å². The van der Waals surface area contributed by atoms with Crippen molar-refractivity contribution < 1.29 is 13.9 Å². The Balaban J connectivity index is 2.35. The third-order valence-electron chi connectivity index (χ3n) is 3.32. The number of ether oxygens (including phenoxy) is 1. The molecule has 0 spiro atoms. The molecule has 0 aliphatic heterocycles. The van der Waals surface area contributed by atoms with Crippen LogP contribution in [0, 0.1) is 0 Å². The molecule has 2 rings (SSSR count). The van der Waals surface area contributed by atoms with Gasteiger partial charge in [0, 0.05) is 0 Å². The fraction of sp³-hybridized carbons (Fsp3) is 0.444. The van der Waals surface area contributed by atoms with Gasteiger partial charge in [0.25, 0.3) is 0 Å². The topological polar surface area (TPSA) is 68.5 Å². The van der Waals surface area contributed by atoms with Crippen molar-refractivity contribution in [3.63, 3.8) is 0 Å². The van der Waals surface area contributed by atoms with Gasteiger partial charge in [-0.25, -0.2) is 9.59 Å². The highest BCUT2D eigenvalue weighted by atomic mass is 127. The number of carbonyl (C=O) groups excluding carboxylic acids is 1. The molecule has 0 aromatic carbocycles. The predicted molar refractivity (Wildman–Crippen MR) is 103 cm³/mol. The minimum Gasteiger partial charge on any atom is -0.444 e. The summed E-state index contributed by atoms with van der Waals surface area (Å²) in [5.74, 6) is 0.389. The molecule has 1 aliphatic rings. The molecule has 1 aliphatic carbocycles. The van der Waals surface area contributed by atoms with Gasteiger partial charge in [-0.2, -0.15) is 0 Å². The summed E-state index contributed by atoms with van der Waals surface area (Å²) in [7, 11) is 0. The number of hydrogen-bond donors (Lipinski definition) is 1. The minimum absolute atomic E-state index is 0.254. The second-order valence-corrected chi connectivity index (χ2v) is 9.32. The Labute approximate surface area is 154 Å². The van der Waals surface area contributed by atoms with E-state index in [0.717, 1.165) is 5.22 Å². The van der Waals surface area contributed by atoms with Crippen molar-refractivity contribution in [2.75, 3.05) is 0 Å². The van der Waals surface area contributed by atoms with Crippen LogP contribution in [0.3, 0.4) is 0 Å². The van der Waals surface area contributed by atoms with Gasteiger partial charge in [0.15, 0.2) is 0 Å². The highest BCUT2D eigenvalue weighted by Crippen LogP contribution is 2.22. The van der Waals surface area contributed by atoms with Gasteiger partial charge in [0.05, 0.1) is 14.7 Å². The molecule has 130 valence electrons. The average Bonchev–Trinajstić information content (AvgIpc) is 2.54. The predicted octanol–water partition coefficient (Wildman–Crippen LogP) is 2.55. The van der Waals surface area contributed by atoms with Crippen LogP contribution in [-0.4, -0.2) is 15.1 Å². The van der Waals surface area contributed by atoms with Crippen molar-refractivity contribution in [3.05, 3.63) is 44.8 Å². The lowest BCUT2D eigenvalue weighted by atomic mass is 10.1. The lowest BCUT2D eigenvalue weighted by molar-refractivity contribution is 0.0501. The van der Waals surface area contributed by atoms with E-state index in [9.17, 15) is 9.59 Å². The maximum atomic E-state index is 12.4. The molecule has 1 aromatic rings. The van der Waals surface area contributed by atoms with E-state index in [1.54, 1.807) is 33.8 Å². The molecule has 1 heterocycles. The van der Waals surface area contributed by atoms with E-state index in [-0.39, 0.29) is 3.42 Å². The first-order chi connectivity index (χ1) is 11.0. The smallest absolute Gasteiger partial charge is 0.408 e. The van der Waals surface area contributed by atoms with Gasteiger partial charge < -0.3 is 14.5 Å². The van der Waals surface area contributed by atoms with Crippen LogP contribution in [0.5, 0.6) is 0 Å². The Kier molecular flexibility index (Phi) is 5.27. The summed E-state index contributed by atoms with van der Waals surface area (Å²) in [5, 5.41) is 3.99. The zero-order chi connectivity index (χ0) is 18.1. The molecule has 1 unspecified atom stereocenters. The van der Waals surface area contributed by atoms with Gasteiger partial charge in [0.1, 0.15) is 11.4 Å². The van der Waals surface area contributed by atoms with Crippen LogP contribution in [0.1, 0.15) is 46.4 Å². The van der Waals surface area contributed by atoms with Crippen LogP contribution in [0.15, 0.2) is 27.4 Å². The summed E-state index contributed by atoms with van der Waals surface area (Å²) in [5.41, 5.74) is -1.00. The molecule has 0 saturated carbocycles. The highest BCUT2D eigenvalue weighted by Gasteiger charge is 2.20. The maximum absolute atomic E-state index is 12.4. The van der Waals surface area contributed by atoms with E-state index in [4.69, 9.17) is 9.15 Å². The van der Waals surface area contributed by atoms with Crippen LogP contribution in [-0.2, 0) is 4.74 Å². The maximum Gasteiger partial charge on any atom is 0.408 e. The van der Waals surface area contributed by atoms with Gasteiger partial charge >= 0.3 is 11.7 Å². The van der Waals surface area contributed by atoms with Crippen LogP contribution < -0.4 is 21.4 Å². The number of carbonyl (C=O) groups is 1. The van der Waals surface area contributed by atoms with Gasteiger partial charge in [-0.15, -0.1) is 0 Å². The average molecular weight is 443 g/mol. The number of hydrogen-bond acceptors (Lipinski definition) is 4. The molecular weight excluding hydrogens is 421 g/mol. The van der Waals surface area contributed by atoms with E-state index in [0.29, 0.717) is 11.0 Å². The summed E-state index contributed by atoms with van der Waals surface area (Å²) in [4.78, 5) is 24.2. The van der Waals surface area contributed by atoms with Gasteiger partial charge in [-0.1, -0.05) is 40.8 Å². The fourth-order valence-electron chi connectivity index (χ4n) is 2.26. The van der Waals surface area contributed by atoms with Crippen molar-refractivity contribution in [1.29, 1.82) is 0 Å². The number of alkyl halides is 1. The second-order valence-electron chi connectivity index (χ2n) is 6.99. The molecule has 1 amide bonds. The summed E-state index contributed by atoms with van der Waals surface area (Å²) in [6.07, 6.45) is 7.13. The number of amides is 1. The van der Waals surface area contributed by atoms with E-state index < -0.39 is 23.4 Å². The molecular formula is C18H22INO4. The van der Waals surface area contributed by atoms with Gasteiger partial charge in [-0.3, -0.25) is 0 Å². The number of halogens is 1. The van der Waals surface area contributed by atoms with Crippen molar-refractivity contribution in [1.82, 2.24) is 5.32 Å². The number of fused-ring (bicyclic) bond motifs is 1. The molecule has 24 heavy (non-hydrogen) atoms. The molecule has 2 atom stereocenters. The Bertz CT molecular complexity index is 843. The lowest BCUT2D eigenvalue weighted by Gasteiger charge is -2.21. The second kappa shape index (κ2) is 6.74. The Hall–Kier alpha value is -1.57. The summed E-state index contributed by atoms with van der Waals surface area (Å²) in [6.45, 7) is 9.12. The van der Waals surface area contributed by atoms with Crippen LogP contribution in [0.2, 0.25) is 0 Å². The number of nitrogens with one attached hydrogen (secondary N) is 1. The standard InChI is InChI=1S/C18H22INO4/c1-11(20-16(22)24-17(2,3)4)14-9-12-7-6-8-18(5,19)10-13(12)15(21)23-14/h6-11H,1-5H3,(H,20,22)/t11-,18?/m0/s1. The van der Waals surface area contributed by atoms with E-state index in [2.05, 4.69) is 27.9 Å². The van der Waals surface area contributed by atoms with Crippen molar-refractivity contribution in [2.45, 2.75) is 49.7 Å². The Morgan fingerprint density at radius 1 is 1.42 bits per heavy atom. The zero-order valence-electron chi connectivity index (χ0n) is 14.5. The molecule has 1 aromatic heterocycles. The quantitative estimate of drug-likeness (QED) is 0.564. The first kappa shape index (κ1) is 18.8. The van der Waals surface area contributed by atoms with Crippen molar-refractivity contribution in [3.8, 4) is 0 Å². The summed E-state index contributed by atoms with van der Waals surface area (Å²) >= 11 is 2.26. The van der Waals surface area contributed by atoms with Gasteiger partial charge in [0.2, 0.25) is 0 Å². The van der Waals surface area contributed by atoms with Crippen LogP contribution in [0.25, 0.3) is 12.2 Å². The van der Waals surface area contributed by atoms with Crippen molar-refractivity contribution in [2.24, 2.45) is 0 Å². The minimum atomic E-state index is -0.587. The fourth-order valence-corrected chi connectivity index (χ4v) is 2.78.